The highest BCUT2D eigenvalue weighted by Gasteiger charge is 2.13. The number of allylic oxidation sites excluding steroid dienone is 1. The maximum atomic E-state index is 3.75. The number of nitrogens with zero attached hydrogens (tertiary/aromatic N) is 2. The Morgan fingerprint density at radius 2 is 1.60 bits per heavy atom. The van der Waals surface area contributed by atoms with Gasteiger partial charge in [0.2, 0.25) is 0 Å². The van der Waals surface area contributed by atoms with E-state index in [0.717, 1.165) is 6.04 Å². The lowest BCUT2D eigenvalue weighted by atomic mass is 10.8. The fourth-order valence-electron chi connectivity index (χ4n) is 1.03. The van der Waals surface area contributed by atoms with Crippen LogP contribution in [0, 0.1) is 0 Å². The third-order valence-electron chi connectivity index (χ3n) is 1.57. The molecule has 0 aromatic carbocycles. The van der Waals surface area contributed by atoms with Crippen molar-refractivity contribution in [2.24, 2.45) is 0 Å². The Bertz CT molecular complexity index is 93.8. The van der Waals surface area contributed by atoms with E-state index >= 15 is 0 Å². The monoisotopic (exact) mass is 158 g/mol. The summed E-state index contributed by atoms with van der Waals surface area (Å²) in [7, 11) is 7.73. The first-order valence-corrected chi connectivity index (χ1v) is 5.38. The minimum absolute atomic E-state index is 0.832. The predicted molar refractivity (Wildman–Crippen MR) is 49.5 cm³/mol. The minimum Gasteiger partial charge on any atom is -0.319 e. The summed E-state index contributed by atoms with van der Waals surface area (Å²) in [6.07, 6.45) is 2.01. The van der Waals surface area contributed by atoms with Crippen molar-refractivity contribution in [1.82, 2.24) is 9.13 Å². The van der Waals surface area contributed by atoms with Crippen molar-refractivity contribution in [3.63, 3.8) is 0 Å². The van der Waals surface area contributed by atoms with E-state index in [4.69, 9.17) is 0 Å². The second-order valence-electron chi connectivity index (χ2n) is 2.93. The average Bonchev–Trinajstić information content (AvgIpc) is 1.81. The fourth-order valence-corrected chi connectivity index (χ4v) is 3.10. The van der Waals surface area contributed by atoms with Gasteiger partial charge in [-0.2, -0.15) is 0 Å². The molecule has 60 valence electrons. The molecule has 0 aliphatic carbocycles. The van der Waals surface area contributed by atoms with Gasteiger partial charge >= 0.3 is 0 Å². The van der Waals surface area contributed by atoms with E-state index in [9.17, 15) is 0 Å². The Morgan fingerprint density at radius 3 is 1.70 bits per heavy atom. The van der Waals surface area contributed by atoms with Crippen LogP contribution in [0.1, 0.15) is 0 Å². The smallest absolute Gasteiger partial charge is 0.192 e. The van der Waals surface area contributed by atoms with Crippen molar-refractivity contribution >= 4 is 9.12 Å². The average molecular weight is 158 g/mol. The SMILES string of the molecule is C=CC[SiH](N(C)C)N(C)C. The van der Waals surface area contributed by atoms with Gasteiger partial charge in [0.25, 0.3) is 0 Å². The number of hydrogen-bond acceptors (Lipinski definition) is 2. The molecule has 0 saturated heterocycles. The quantitative estimate of drug-likeness (QED) is 0.435. The Kier molecular flexibility index (Phi) is 4.60. The van der Waals surface area contributed by atoms with Crippen LogP contribution in [-0.4, -0.2) is 46.4 Å². The van der Waals surface area contributed by atoms with Gasteiger partial charge in [0.1, 0.15) is 0 Å². The van der Waals surface area contributed by atoms with Crippen LogP contribution in [0.5, 0.6) is 0 Å². The first-order chi connectivity index (χ1) is 4.59. The molecule has 0 saturated carbocycles. The van der Waals surface area contributed by atoms with Gasteiger partial charge in [-0.15, -0.1) is 6.58 Å². The lowest BCUT2D eigenvalue weighted by Gasteiger charge is -2.27. The molecule has 3 heteroatoms. The Morgan fingerprint density at radius 1 is 1.20 bits per heavy atom. The van der Waals surface area contributed by atoms with Crippen LogP contribution in [0.4, 0.5) is 0 Å². The van der Waals surface area contributed by atoms with E-state index in [0.29, 0.717) is 0 Å². The molecule has 0 fully saturated rings. The molecule has 0 radical (unpaired) electrons. The molecule has 0 aromatic heterocycles. The maximum absolute atomic E-state index is 3.75. The van der Waals surface area contributed by atoms with E-state index in [1.54, 1.807) is 0 Å². The summed E-state index contributed by atoms with van der Waals surface area (Å²) in [4.78, 5) is 0. The first kappa shape index (κ1) is 9.88. The van der Waals surface area contributed by atoms with Crippen LogP contribution in [0.2, 0.25) is 6.04 Å². The second-order valence-corrected chi connectivity index (χ2v) is 6.43. The van der Waals surface area contributed by atoms with Crippen molar-refractivity contribution in [1.29, 1.82) is 0 Å². The molecule has 0 atom stereocenters. The fraction of sp³-hybridized carbons (Fsp3) is 0.714. The minimum atomic E-state index is -0.832. The summed E-state index contributed by atoms with van der Waals surface area (Å²) in [6.45, 7) is 3.75. The summed E-state index contributed by atoms with van der Waals surface area (Å²) < 4.78 is 4.64. The van der Waals surface area contributed by atoms with Crippen LogP contribution < -0.4 is 0 Å². The summed E-state index contributed by atoms with van der Waals surface area (Å²) in [5.41, 5.74) is 0. The van der Waals surface area contributed by atoms with Gasteiger partial charge in [0.05, 0.1) is 0 Å². The molecule has 0 aliphatic rings. The zero-order chi connectivity index (χ0) is 8.15. The van der Waals surface area contributed by atoms with Gasteiger partial charge in [0, 0.05) is 0 Å². The molecule has 10 heavy (non-hydrogen) atoms. The van der Waals surface area contributed by atoms with Crippen molar-refractivity contribution in [3.05, 3.63) is 12.7 Å². The zero-order valence-corrected chi connectivity index (χ0v) is 8.62. The molecule has 0 rings (SSSR count). The molecule has 0 bridgehead atoms. The van der Waals surface area contributed by atoms with Crippen LogP contribution in [0.3, 0.4) is 0 Å². The molecule has 0 spiro atoms. The van der Waals surface area contributed by atoms with Crippen molar-refractivity contribution in [2.75, 3.05) is 28.2 Å². The van der Waals surface area contributed by atoms with Crippen LogP contribution in [-0.2, 0) is 0 Å². The first-order valence-electron chi connectivity index (χ1n) is 3.53. The third kappa shape index (κ3) is 3.15. The standard InChI is InChI=1S/C7H18N2Si/c1-6-7-10(8(2)3)9(4)5/h6,10H,1,7H2,2-5H3. The van der Waals surface area contributed by atoms with Gasteiger partial charge in [-0.05, 0) is 34.2 Å². The van der Waals surface area contributed by atoms with E-state index in [1.165, 1.54) is 0 Å². The normalized spacial score (nSPS) is 11.5. The van der Waals surface area contributed by atoms with Crippen LogP contribution in [0.25, 0.3) is 0 Å². The topological polar surface area (TPSA) is 6.48 Å². The third-order valence-corrected chi connectivity index (χ3v) is 4.71. The molecule has 0 unspecified atom stereocenters. The van der Waals surface area contributed by atoms with E-state index in [1.807, 2.05) is 6.08 Å². The van der Waals surface area contributed by atoms with Gasteiger partial charge in [-0.3, -0.25) is 0 Å². The lowest BCUT2D eigenvalue weighted by molar-refractivity contribution is 0.518. The number of hydrogen-bond donors (Lipinski definition) is 0. The second kappa shape index (κ2) is 4.66. The van der Waals surface area contributed by atoms with E-state index in [2.05, 4.69) is 43.9 Å². The number of rotatable bonds is 4. The van der Waals surface area contributed by atoms with E-state index in [-0.39, 0.29) is 0 Å². The molecule has 2 nitrogen and oxygen atoms in total. The molecule has 0 heterocycles. The van der Waals surface area contributed by atoms with Gasteiger partial charge < -0.3 is 9.13 Å². The van der Waals surface area contributed by atoms with E-state index < -0.39 is 9.12 Å². The lowest BCUT2D eigenvalue weighted by Crippen LogP contribution is -2.44. The Labute approximate surface area is 65.9 Å². The van der Waals surface area contributed by atoms with Crippen molar-refractivity contribution < 1.29 is 0 Å². The largest absolute Gasteiger partial charge is 0.319 e. The summed E-state index contributed by atoms with van der Waals surface area (Å²) in [5, 5.41) is 0. The highest BCUT2D eigenvalue weighted by molar-refractivity contribution is 6.52. The molecular weight excluding hydrogens is 140 g/mol. The van der Waals surface area contributed by atoms with Gasteiger partial charge in [-0.25, -0.2) is 0 Å². The summed E-state index contributed by atoms with van der Waals surface area (Å²) >= 11 is 0. The molecule has 0 aliphatic heterocycles. The molecular formula is C7H18N2Si. The highest BCUT2D eigenvalue weighted by Crippen LogP contribution is 1.98. The van der Waals surface area contributed by atoms with Crippen molar-refractivity contribution in [3.8, 4) is 0 Å². The van der Waals surface area contributed by atoms with Crippen LogP contribution in [0.15, 0.2) is 12.7 Å². The van der Waals surface area contributed by atoms with Gasteiger partial charge in [-0.1, -0.05) is 6.08 Å². The van der Waals surface area contributed by atoms with Crippen molar-refractivity contribution in [2.45, 2.75) is 6.04 Å². The van der Waals surface area contributed by atoms with Gasteiger partial charge in [0.15, 0.2) is 9.12 Å². The summed E-state index contributed by atoms with van der Waals surface area (Å²) in [5.74, 6) is 0. The molecule has 0 aromatic rings. The highest BCUT2D eigenvalue weighted by atomic mass is 28.3. The maximum Gasteiger partial charge on any atom is 0.192 e. The van der Waals surface area contributed by atoms with Crippen LogP contribution >= 0.6 is 0 Å². The molecule has 0 N–H and O–H groups in total. The molecule has 0 amide bonds. The zero-order valence-electron chi connectivity index (χ0n) is 7.46. The summed E-state index contributed by atoms with van der Waals surface area (Å²) in [6, 6.07) is 1.15. The predicted octanol–water partition coefficient (Wildman–Crippen LogP) is 0.516. The Hall–Kier alpha value is -0.123. The Balaban J connectivity index is 3.84.